The molecule has 0 unspecified atom stereocenters. The van der Waals surface area contributed by atoms with Crippen LogP contribution >= 0.6 is 0 Å². The number of esters is 1. The fraction of sp³-hybridized carbons (Fsp3) is 0.688. The van der Waals surface area contributed by atoms with Gasteiger partial charge in [0.2, 0.25) is 0 Å². The average Bonchev–Trinajstić information content (AvgIpc) is 2.36. The van der Waals surface area contributed by atoms with Crippen LogP contribution in [-0.4, -0.2) is 23.8 Å². The summed E-state index contributed by atoms with van der Waals surface area (Å²) in [4.78, 5) is 11.7. The molecule has 0 radical (unpaired) electrons. The zero-order chi connectivity index (χ0) is 14.2. The van der Waals surface area contributed by atoms with E-state index in [4.69, 9.17) is 4.74 Å². The highest BCUT2D eigenvalue weighted by Gasteiger charge is 2.40. The molecular weight excluding hydrogens is 240 g/mol. The SMILES string of the molecule is C=C(C(=O)OC)[C@@H]1CC[C@@H](C)[C@@H]2CC[C@](C)(O)C=C12. The van der Waals surface area contributed by atoms with Crippen molar-refractivity contribution in [1.82, 2.24) is 0 Å². The van der Waals surface area contributed by atoms with Crippen LogP contribution in [0.1, 0.15) is 39.5 Å². The fourth-order valence-electron chi connectivity index (χ4n) is 3.57. The van der Waals surface area contributed by atoms with Crippen molar-refractivity contribution in [3.63, 3.8) is 0 Å². The first-order valence-electron chi connectivity index (χ1n) is 7.08. The molecule has 0 saturated heterocycles. The zero-order valence-corrected chi connectivity index (χ0v) is 12.1. The van der Waals surface area contributed by atoms with E-state index in [1.165, 1.54) is 12.7 Å². The number of allylic oxidation sites excluding steroid dienone is 1. The monoisotopic (exact) mass is 264 g/mol. The van der Waals surface area contributed by atoms with Crippen LogP contribution < -0.4 is 0 Å². The molecule has 3 nitrogen and oxygen atoms in total. The summed E-state index contributed by atoms with van der Waals surface area (Å²) in [5, 5.41) is 10.3. The minimum absolute atomic E-state index is 0.0421. The van der Waals surface area contributed by atoms with Crippen molar-refractivity contribution >= 4 is 5.97 Å². The third-order valence-corrected chi connectivity index (χ3v) is 4.74. The van der Waals surface area contributed by atoms with Crippen LogP contribution in [0, 0.1) is 17.8 Å². The van der Waals surface area contributed by atoms with Crippen LogP contribution in [0.25, 0.3) is 0 Å². The normalized spacial score (nSPS) is 38.1. The average molecular weight is 264 g/mol. The molecule has 1 fully saturated rings. The molecule has 0 aromatic heterocycles. The largest absolute Gasteiger partial charge is 0.466 e. The quantitative estimate of drug-likeness (QED) is 0.474. The predicted molar refractivity (Wildman–Crippen MR) is 74.5 cm³/mol. The molecule has 3 heteroatoms. The van der Waals surface area contributed by atoms with Crippen molar-refractivity contribution in [3.8, 4) is 0 Å². The van der Waals surface area contributed by atoms with Crippen LogP contribution in [0.4, 0.5) is 0 Å². The molecule has 19 heavy (non-hydrogen) atoms. The van der Waals surface area contributed by atoms with Crippen LogP contribution in [0.2, 0.25) is 0 Å². The summed E-state index contributed by atoms with van der Waals surface area (Å²) in [5.74, 6) is 0.800. The van der Waals surface area contributed by atoms with Gasteiger partial charge in [-0.1, -0.05) is 25.2 Å². The standard InChI is InChI=1S/C16H24O3/c1-10-5-6-13(11(2)15(17)19-4)14-9-16(3,18)8-7-12(10)14/h9-10,12-13,18H,2,5-8H2,1,3-4H3/t10-,12+,13+,16+/m1/s1. The molecule has 0 heterocycles. The molecule has 1 N–H and O–H groups in total. The number of rotatable bonds is 2. The lowest BCUT2D eigenvalue weighted by molar-refractivity contribution is -0.136. The molecule has 1 saturated carbocycles. The fourth-order valence-corrected chi connectivity index (χ4v) is 3.57. The van der Waals surface area contributed by atoms with Gasteiger partial charge in [0.05, 0.1) is 12.7 Å². The zero-order valence-electron chi connectivity index (χ0n) is 12.1. The number of fused-ring (bicyclic) bond motifs is 1. The molecule has 0 aliphatic heterocycles. The van der Waals surface area contributed by atoms with Gasteiger partial charge in [-0.2, -0.15) is 0 Å². The Morgan fingerprint density at radius 3 is 2.79 bits per heavy atom. The van der Waals surface area contributed by atoms with E-state index >= 15 is 0 Å². The number of methoxy groups -OCH3 is 1. The van der Waals surface area contributed by atoms with Gasteiger partial charge in [-0.3, -0.25) is 0 Å². The molecule has 4 atom stereocenters. The van der Waals surface area contributed by atoms with E-state index in [1.807, 2.05) is 13.0 Å². The summed E-state index contributed by atoms with van der Waals surface area (Å²) in [6, 6.07) is 0. The Kier molecular flexibility index (Phi) is 3.86. The Morgan fingerprint density at radius 2 is 2.16 bits per heavy atom. The van der Waals surface area contributed by atoms with Gasteiger partial charge in [-0.15, -0.1) is 0 Å². The first-order valence-corrected chi connectivity index (χ1v) is 7.08. The van der Waals surface area contributed by atoms with E-state index in [1.54, 1.807) is 0 Å². The van der Waals surface area contributed by atoms with Crippen LogP contribution in [-0.2, 0) is 9.53 Å². The Labute approximate surface area is 115 Å². The predicted octanol–water partition coefficient (Wildman–Crippen LogP) is 2.85. The summed E-state index contributed by atoms with van der Waals surface area (Å²) in [6.45, 7) is 8.02. The molecule has 0 aromatic carbocycles. The molecule has 0 amide bonds. The summed E-state index contributed by atoms with van der Waals surface area (Å²) in [6.07, 6.45) is 5.78. The lowest BCUT2D eigenvalue weighted by Crippen LogP contribution is -2.37. The molecule has 106 valence electrons. The van der Waals surface area contributed by atoms with E-state index in [2.05, 4.69) is 13.5 Å². The highest BCUT2D eigenvalue weighted by Crippen LogP contribution is 2.47. The highest BCUT2D eigenvalue weighted by molar-refractivity contribution is 5.89. The maximum absolute atomic E-state index is 11.7. The number of carbonyl (C=O) groups is 1. The lowest BCUT2D eigenvalue weighted by atomic mass is 9.63. The summed E-state index contributed by atoms with van der Waals surface area (Å²) in [7, 11) is 1.39. The number of hydrogen-bond acceptors (Lipinski definition) is 3. The Morgan fingerprint density at radius 1 is 1.47 bits per heavy atom. The van der Waals surface area contributed by atoms with E-state index < -0.39 is 5.60 Å². The second-order valence-electron chi connectivity index (χ2n) is 6.27. The van der Waals surface area contributed by atoms with Gasteiger partial charge < -0.3 is 9.84 Å². The first-order chi connectivity index (χ1) is 8.85. The van der Waals surface area contributed by atoms with Gasteiger partial charge >= 0.3 is 5.97 Å². The first kappa shape index (κ1) is 14.3. The van der Waals surface area contributed by atoms with Gasteiger partial charge in [0.15, 0.2) is 0 Å². The topological polar surface area (TPSA) is 46.5 Å². The van der Waals surface area contributed by atoms with Crippen molar-refractivity contribution in [2.24, 2.45) is 17.8 Å². The molecule has 2 aliphatic rings. The van der Waals surface area contributed by atoms with Gasteiger partial charge in [0, 0.05) is 11.5 Å². The van der Waals surface area contributed by atoms with E-state index in [9.17, 15) is 9.90 Å². The van der Waals surface area contributed by atoms with Crippen LogP contribution in [0.5, 0.6) is 0 Å². The lowest BCUT2D eigenvalue weighted by Gasteiger charge is -2.43. The van der Waals surface area contributed by atoms with Crippen LogP contribution in [0.3, 0.4) is 0 Å². The van der Waals surface area contributed by atoms with E-state index in [-0.39, 0.29) is 11.9 Å². The molecule has 2 aliphatic carbocycles. The number of carbonyl (C=O) groups excluding carboxylic acids is 1. The van der Waals surface area contributed by atoms with Gasteiger partial charge in [-0.25, -0.2) is 4.79 Å². The number of ether oxygens (including phenoxy) is 1. The summed E-state index contributed by atoms with van der Waals surface area (Å²) >= 11 is 0. The molecule has 0 bridgehead atoms. The molecule has 0 aromatic rings. The Hall–Kier alpha value is -1.09. The van der Waals surface area contributed by atoms with Gasteiger partial charge in [0.1, 0.15) is 0 Å². The van der Waals surface area contributed by atoms with Crippen LogP contribution in [0.15, 0.2) is 23.8 Å². The molecule has 0 spiro atoms. The van der Waals surface area contributed by atoms with Crippen molar-refractivity contribution < 1.29 is 14.6 Å². The maximum Gasteiger partial charge on any atom is 0.333 e. The smallest absolute Gasteiger partial charge is 0.333 e. The number of hydrogen-bond donors (Lipinski definition) is 1. The third kappa shape index (κ3) is 2.76. The van der Waals surface area contributed by atoms with Gasteiger partial charge in [-0.05, 0) is 44.4 Å². The summed E-state index contributed by atoms with van der Waals surface area (Å²) in [5.41, 5.74) is 0.978. The van der Waals surface area contributed by atoms with Gasteiger partial charge in [0.25, 0.3) is 0 Å². The van der Waals surface area contributed by atoms with Crippen molar-refractivity contribution in [3.05, 3.63) is 23.8 Å². The third-order valence-electron chi connectivity index (χ3n) is 4.74. The van der Waals surface area contributed by atoms with Crippen molar-refractivity contribution in [2.45, 2.75) is 45.1 Å². The number of aliphatic hydroxyl groups is 1. The Balaban J connectivity index is 2.32. The minimum atomic E-state index is -0.752. The molecule has 2 rings (SSSR count). The molecular formula is C16H24O3. The maximum atomic E-state index is 11.7. The van der Waals surface area contributed by atoms with E-state index in [0.29, 0.717) is 17.4 Å². The Bertz CT molecular complexity index is 420. The van der Waals surface area contributed by atoms with Crippen molar-refractivity contribution in [2.75, 3.05) is 7.11 Å². The second kappa shape index (κ2) is 5.12. The second-order valence-corrected chi connectivity index (χ2v) is 6.27. The van der Waals surface area contributed by atoms with E-state index in [0.717, 1.165) is 25.7 Å². The minimum Gasteiger partial charge on any atom is -0.466 e. The highest BCUT2D eigenvalue weighted by atomic mass is 16.5. The van der Waals surface area contributed by atoms with Crippen molar-refractivity contribution in [1.29, 1.82) is 0 Å². The summed E-state index contributed by atoms with van der Waals surface area (Å²) < 4.78 is 4.80.